The lowest BCUT2D eigenvalue weighted by Gasteiger charge is -2.35. The summed E-state index contributed by atoms with van der Waals surface area (Å²) in [7, 11) is 1.47. The molecule has 0 aliphatic carbocycles. The minimum absolute atomic E-state index is 0.205. The lowest BCUT2D eigenvalue weighted by Crippen LogP contribution is -2.44. The normalized spacial score (nSPS) is 16.3. The topological polar surface area (TPSA) is 63.7 Å². The van der Waals surface area contributed by atoms with Crippen molar-refractivity contribution < 1.29 is 27.4 Å². The van der Waals surface area contributed by atoms with Gasteiger partial charge in [-0.3, -0.25) is 4.79 Å². The highest BCUT2D eigenvalue weighted by Gasteiger charge is 2.32. The number of ether oxygens (including phenoxy) is 2. The maximum Gasteiger partial charge on any atom is 0.416 e. The Morgan fingerprint density at radius 2 is 2.00 bits per heavy atom. The van der Waals surface area contributed by atoms with Gasteiger partial charge in [-0.05, 0) is 30.3 Å². The van der Waals surface area contributed by atoms with E-state index in [0.29, 0.717) is 23.8 Å². The third-order valence-electron chi connectivity index (χ3n) is 4.06. The molecule has 0 radical (unpaired) electrons. The number of halogens is 3. The number of aromatic nitrogens is 1. The molecule has 0 bridgehead atoms. The van der Waals surface area contributed by atoms with Gasteiger partial charge >= 0.3 is 6.18 Å². The largest absolute Gasteiger partial charge is 0.481 e. The molecular weight excluding hydrogens is 363 g/mol. The molecular formula is C18H18F3N3O3. The van der Waals surface area contributed by atoms with Crippen LogP contribution in [0.3, 0.4) is 0 Å². The van der Waals surface area contributed by atoms with Gasteiger partial charge in [0.2, 0.25) is 17.7 Å². The van der Waals surface area contributed by atoms with Gasteiger partial charge in [-0.1, -0.05) is 0 Å². The monoisotopic (exact) mass is 381 g/mol. The molecule has 1 aliphatic rings. The van der Waals surface area contributed by atoms with Crippen molar-refractivity contribution in [2.24, 2.45) is 0 Å². The fraction of sp³-hybridized carbons (Fsp3) is 0.333. The fourth-order valence-corrected chi connectivity index (χ4v) is 2.76. The lowest BCUT2D eigenvalue weighted by atomic mass is 10.1. The first-order chi connectivity index (χ1) is 12.8. The highest BCUT2D eigenvalue weighted by atomic mass is 19.4. The Hall–Kier alpha value is -2.97. The molecule has 3 rings (SSSR count). The minimum atomic E-state index is -4.40. The molecule has 2 aromatic rings. The van der Waals surface area contributed by atoms with Crippen LogP contribution in [0.15, 0.2) is 36.4 Å². The molecule has 0 unspecified atom stereocenters. The number of benzene rings is 1. The summed E-state index contributed by atoms with van der Waals surface area (Å²) in [5.41, 5.74) is 0.448. The van der Waals surface area contributed by atoms with Gasteiger partial charge in [0.05, 0.1) is 25.8 Å². The Morgan fingerprint density at radius 1 is 1.30 bits per heavy atom. The van der Waals surface area contributed by atoms with Crippen LogP contribution in [-0.2, 0) is 11.0 Å². The zero-order valence-electron chi connectivity index (χ0n) is 14.7. The maximum absolute atomic E-state index is 12.8. The third-order valence-corrected chi connectivity index (χ3v) is 4.06. The van der Waals surface area contributed by atoms with E-state index < -0.39 is 17.8 Å². The van der Waals surface area contributed by atoms with Gasteiger partial charge in [-0.15, -0.1) is 0 Å². The summed E-state index contributed by atoms with van der Waals surface area (Å²) in [6.07, 6.45) is -4.83. The van der Waals surface area contributed by atoms with Gasteiger partial charge in [0.1, 0.15) is 11.8 Å². The summed E-state index contributed by atoms with van der Waals surface area (Å²) in [6, 6.07) is 8.24. The van der Waals surface area contributed by atoms with E-state index in [1.807, 2.05) is 0 Å². The van der Waals surface area contributed by atoms with Gasteiger partial charge < -0.3 is 19.7 Å². The van der Waals surface area contributed by atoms with Gasteiger partial charge in [0.15, 0.2) is 0 Å². The number of nitrogens with one attached hydrogen (secondary N) is 1. The molecule has 1 aromatic carbocycles. The molecule has 27 heavy (non-hydrogen) atoms. The second-order valence-corrected chi connectivity index (χ2v) is 6.01. The molecule has 0 saturated heterocycles. The van der Waals surface area contributed by atoms with Gasteiger partial charge in [-0.2, -0.15) is 18.2 Å². The second-order valence-electron chi connectivity index (χ2n) is 6.01. The second kappa shape index (κ2) is 7.34. The standard InChI is InChI=1S/C18H18F3N3O3/c1-11(25)22-9-14-10-24(13-5-3-12(4-6-13)18(19,20)21)15-7-8-16(26-2)23-17(15)27-14/h3-8,14H,9-10H2,1-2H3,(H,22,25)/t14-/m0/s1. The fourth-order valence-electron chi connectivity index (χ4n) is 2.76. The number of nitrogens with zero attached hydrogens (tertiary/aromatic N) is 2. The molecule has 1 aliphatic heterocycles. The van der Waals surface area contributed by atoms with Crippen molar-refractivity contribution in [3.63, 3.8) is 0 Å². The Morgan fingerprint density at radius 3 is 2.59 bits per heavy atom. The number of carbonyl (C=O) groups excluding carboxylic acids is 1. The van der Waals surface area contributed by atoms with Crippen molar-refractivity contribution in [3.05, 3.63) is 42.0 Å². The maximum atomic E-state index is 12.8. The van der Waals surface area contributed by atoms with Crippen LogP contribution in [0.2, 0.25) is 0 Å². The van der Waals surface area contributed by atoms with Crippen molar-refractivity contribution >= 4 is 17.3 Å². The van der Waals surface area contributed by atoms with Crippen LogP contribution >= 0.6 is 0 Å². The number of fused-ring (bicyclic) bond motifs is 1. The zero-order valence-corrected chi connectivity index (χ0v) is 14.7. The van der Waals surface area contributed by atoms with E-state index in [9.17, 15) is 18.0 Å². The van der Waals surface area contributed by atoms with E-state index in [1.54, 1.807) is 17.0 Å². The van der Waals surface area contributed by atoms with E-state index >= 15 is 0 Å². The molecule has 1 N–H and O–H groups in total. The summed E-state index contributed by atoms with van der Waals surface area (Å²) in [6.45, 7) is 1.98. The van der Waals surface area contributed by atoms with Crippen LogP contribution in [0.5, 0.6) is 11.8 Å². The summed E-state index contributed by atoms with van der Waals surface area (Å²) in [4.78, 5) is 17.3. The van der Waals surface area contributed by atoms with Crippen LogP contribution in [0.25, 0.3) is 0 Å². The average molecular weight is 381 g/mol. The number of anilines is 2. The van der Waals surface area contributed by atoms with Crippen molar-refractivity contribution in [1.29, 1.82) is 0 Å². The quantitative estimate of drug-likeness (QED) is 0.882. The molecule has 6 nitrogen and oxygen atoms in total. The molecule has 1 atom stereocenters. The first-order valence-corrected chi connectivity index (χ1v) is 8.19. The van der Waals surface area contributed by atoms with Crippen molar-refractivity contribution in [1.82, 2.24) is 10.3 Å². The summed E-state index contributed by atoms with van der Waals surface area (Å²) >= 11 is 0. The van der Waals surface area contributed by atoms with Crippen LogP contribution < -0.4 is 19.7 Å². The highest BCUT2D eigenvalue weighted by molar-refractivity contribution is 5.73. The molecule has 2 heterocycles. The number of carbonyl (C=O) groups is 1. The number of hydrogen-bond acceptors (Lipinski definition) is 5. The zero-order chi connectivity index (χ0) is 19.6. The van der Waals surface area contributed by atoms with Crippen molar-refractivity contribution in [2.45, 2.75) is 19.2 Å². The van der Waals surface area contributed by atoms with Gasteiger partial charge in [0.25, 0.3) is 0 Å². The lowest BCUT2D eigenvalue weighted by molar-refractivity contribution is -0.137. The Balaban J connectivity index is 1.94. The molecule has 1 amide bonds. The van der Waals surface area contributed by atoms with Crippen molar-refractivity contribution in [3.8, 4) is 11.8 Å². The number of alkyl halides is 3. The van der Waals surface area contributed by atoms with Crippen LogP contribution in [0, 0.1) is 0 Å². The molecule has 0 fully saturated rings. The smallest absolute Gasteiger partial charge is 0.416 e. The Bertz CT molecular complexity index is 825. The SMILES string of the molecule is COc1ccc2c(n1)O[C@@H](CNC(C)=O)CN2c1ccc(C(F)(F)F)cc1. The number of methoxy groups -OCH3 is 1. The van der Waals surface area contributed by atoms with E-state index in [-0.39, 0.29) is 18.3 Å². The van der Waals surface area contributed by atoms with Crippen molar-refractivity contribution in [2.75, 3.05) is 25.1 Å². The summed E-state index contributed by atoms with van der Waals surface area (Å²) in [5, 5.41) is 2.68. The predicted molar refractivity (Wildman–Crippen MR) is 92.3 cm³/mol. The van der Waals surface area contributed by atoms with Crippen LogP contribution in [-0.4, -0.2) is 37.2 Å². The van der Waals surface area contributed by atoms with Crippen LogP contribution in [0.1, 0.15) is 12.5 Å². The molecule has 1 aromatic heterocycles. The average Bonchev–Trinajstić information content (AvgIpc) is 2.64. The highest BCUT2D eigenvalue weighted by Crippen LogP contribution is 2.39. The first kappa shape index (κ1) is 18.8. The third kappa shape index (κ3) is 4.24. The van der Waals surface area contributed by atoms with Gasteiger partial charge in [0, 0.05) is 18.7 Å². The molecule has 0 spiro atoms. The minimum Gasteiger partial charge on any atom is -0.481 e. The van der Waals surface area contributed by atoms with E-state index in [4.69, 9.17) is 9.47 Å². The number of rotatable bonds is 4. The summed E-state index contributed by atoms with van der Waals surface area (Å²) < 4.78 is 49.4. The van der Waals surface area contributed by atoms with E-state index in [2.05, 4.69) is 10.3 Å². The van der Waals surface area contributed by atoms with E-state index in [1.165, 1.54) is 26.2 Å². The number of hydrogen-bond donors (Lipinski definition) is 1. The predicted octanol–water partition coefficient (Wildman–Crippen LogP) is 3.14. The van der Waals surface area contributed by atoms with Gasteiger partial charge in [-0.25, -0.2) is 0 Å². The number of pyridine rings is 1. The summed E-state index contributed by atoms with van der Waals surface area (Å²) in [5.74, 6) is 0.432. The number of amides is 1. The molecule has 144 valence electrons. The molecule has 9 heteroatoms. The molecule has 0 saturated carbocycles. The Labute approximate surface area is 153 Å². The van der Waals surface area contributed by atoms with E-state index in [0.717, 1.165) is 12.1 Å². The van der Waals surface area contributed by atoms with Crippen LogP contribution in [0.4, 0.5) is 24.5 Å². The Kier molecular flexibility index (Phi) is 5.11. The first-order valence-electron chi connectivity index (χ1n) is 8.19.